The lowest BCUT2D eigenvalue weighted by Gasteiger charge is -2.10. The molecule has 0 aliphatic heterocycles. The molecule has 0 N–H and O–H groups in total. The summed E-state index contributed by atoms with van der Waals surface area (Å²) in [5.41, 5.74) is 1.71. The van der Waals surface area contributed by atoms with Crippen LogP contribution in [0, 0.1) is 0 Å². The quantitative estimate of drug-likeness (QED) is 0.376. The third-order valence-corrected chi connectivity index (χ3v) is 4.44. The van der Waals surface area contributed by atoms with Crippen molar-refractivity contribution < 1.29 is 4.74 Å². The molecule has 140 valence electrons. The summed E-state index contributed by atoms with van der Waals surface area (Å²) in [7, 11) is 0. The maximum atomic E-state index is 6.36. The third-order valence-electron chi connectivity index (χ3n) is 3.89. The lowest BCUT2D eigenvalue weighted by atomic mass is 10.1. The summed E-state index contributed by atoms with van der Waals surface area (Å²) in [5.74, 6) is 0.890. The predicted molar refractivity (Wildman–Crippen MR) is 109 cm³/mol. The predicted octanol–water partition coefficient (Wildman–Crippen LogP) is 4.93. The van der Waals surface area contributed by atoms with E-state index in [9.17, 15) is 0 Å². The van der Waals surface area contributed by atoms with Gasteiger partial charge in [-0.05, 0) is 37.1 Å². The second-order valence-electron chi connectivity index (χ2n) is 5.91. The number of hydrogen-bond donors (Lipinski definition) is 0. The average Bonchev–Trinajstić information content (AvgIpc) is 3.18. The van der Waals surface area contributed by atoms with E-state index in [0.29, 0.717) is 29.7 Å². The number of benzene rings is 2. The highest BCUT2D eigenvalue weighted by Crippen LogP contribution is 2.22. The average molecular weight is 403 g/mol. The molecule has 2 aromatic carbocycles. The highest BCUT2D eigenvalue weighted by Gasteiger charge is 2.10. The molecule has 7 heteroatoms. The highest BCUT2D eigenvalue weighted by atomic mass is 35.5. The van der Waals surface area contributed by atoms with Crippen LogP contribution in [0.15, 0.2) is 66.2 Å². The number of aromatic nitrogens is 3. The first-order valence-corrected chi connectivity index (χ1v) is 9.47. The van der Waals surface area contributed by atoms with Crippen LogP contribution in [0.2, 0.25) is 10.0 Å². The maximum Gasteiger partial charge on any atom is 0.137 e. The van der Waals surface area contributed by atoms with Gasteiger partial charge in [-0.25, -0.2) is 9.67 Å². The molecule has 27 heavy (non-hydrogen) atoms. The molecule has 0 radical (unpaired) electrons. The van der Waals surface area contributed by atoms with Crippen molar-refractivity contribution in [2.45, 2.75) is 19.4 Å². The Morgan fingerprint density at radius 1 is 1.07 bits per heavy atom. The van der Waals surface area contributed by atoms with Crippen molar-refractivity contribution in [3.05, 3.63) is 76.8 Å². The molecule has 0 aliphatic carbocycles. The topological polar surface area (TPSA) is 52.3 Å². The normalized spacial score (nSPS) is 11.6. The summed E-state index contributed by atoms with van der Waals surface area (Å²) in [6.07, 6.45) is 5.00. The lowest BCUT2D eigenvalue weighted by Crippen LogP contribution is -2.13. The van der Waals surface area contributed by atoms with Gasteiger partial charge in [0.2, 0.25) is 0 Å². The maximum absolute atomic E-state index is 6.36. The zero-order chi connectivity index (χ0) is 18.9. The van der Waals surface area contributed by atoms with Gasteiger partial charge >= 0.3 is 0 Å². The Kier molecular flexibility index (Phi) is 7.25. The van der Waals surface area contributed by atoms with E-state index in [4.69, 9.17) is 32.9 Å². The Bertz CT molecular complexity index is 867. The zero-order valence-electron chi connectivity index (χ0n) is 14.8. The van der Waals surface area contributed by atoms with Crippen molar-refractivity contribution in [3.63, 3.8) is 0 Å². The molecular formula is C20H20Cl2N4O. The van der Waals surface area contributed by atoms with Crippen LogP contribution >= 0.6 is 23.2 Å². The molecule has 0 bridgehead atoms. The van der Waals surface area contributed by atoms with Crippen LogP contribution in [0.25, 0.3) is 0 Å². The van der Waals surface area contributed by atoms with Gasteiger partial charge in [-0.3, -0.25) is 4.99 Å². The minimum absolute atomic E-state index is 0.502. The van der Waals surface area contributed by atoms with Gasteiger partial charge in [0.15, 0.2) is 0 Å². The molecule has 0 saturated carbocycles. The van der Waals surface area contributed by atoms with Crippen LogP contribution in [0.3, 0.4) is 0 Å². The second-order valence-corrected chi connectivity index (χ2v) is 6.76. The van der Waals surface area contributed by atoms with Crippen LogP contribution < -0.4 is 4.74 Å². The van der Waals surface area contributed by atoms with Gasteiger partial charge < -0.3 is 4.74 Å². The molecule has 0 aliphatic rings. The molecule has 0 amide bonds. The zero-order valence-corrected chi connectivity index (χ0v) is 16.3. The monoisotopic (exact) mass is 402 g/mol. The van der Waals surface area contributed by atoms with Crippen LogP contribution in [-0.2, 0) is 6.54 Å². The molecule has 0 saturated heterocycles. The Morgan fingerprint density at radius 2 is 1.93 bits per heavy atom. The van der Waals surface area contributed by atoms with Gasteiger partial charge in [0.05, 0.1) is 23.9 Å². The number of rotatable bonds is 9. The van der Waals surface area contributed by atoms with E-state index < -0.39 is 0 Å². The van der Waals surface area contributed by atoms with Gasteiger partial charge in [-0.15, -0.1) is 0 Å². The van der Waals surface area contributed by atoms with Gasteiger partial charge in [-0.2, -0.15) is 5.10 Å². The summed E-state index contributed by atoms with van der Waals surface area (Å²) >= 11 is 12.4. The third kappa shape index (κ3) is 6.08. The highest BCUT2D eigenvalue weighted by molar-refractivity contribution is 6.37. The van der Waals surface area contributed by atoms with Crippen molar-refractivity contribution in [2.24, 2.45) is 4.99 Å². The van der Waals surface area contributed by atoms with E-state index >= 15 is 0 Å². The van der Waals surface area contributed by atoms with Crippen molar-refractivity contribution in [2.75, 3.05) is 13.2 Å². The molecule has 3 rings (SSSR count). The van der Waals surface area contributed by atoms with E-state index in [1.165, 1.54) is 6.33 Å². The van der Waals surface area contributed by atoms with Crippen LogP contribution in [-0.4, -0.2) is 33.6 Å². The van der Waals surface area contributed by atoms with Crippen molar-refractivity contribution >= 4 is 28.9 Å². The van der Waals surface area contributed by atoms with Gasteiger partial charge in [-0.1, -0.05) is 47.5 Å². The second kappa shape index (κ2) is 10.1. The van der Waals surface area contributed by atoms with Crippen molar-refractivity contribution in [3.8, 4) is 5.75 Å². The Balaban J connectivity index is 1.58. The number of para-hydroxylation sites is 1. The standard InChI is InChI=1S/C20H20Cl2N4O/c21-16-8-9-18(19(22)12-16)20(13-26-15-23-14-25-26)24-10-4-5-11-27-17-6-2-1-3-7-17/h1-3,6-9,12,14-15H,4-5,10-11,13H2. The fraction of sp³-hybridized carbons (Fsp3) is 0.250. The first kappa shape index (κ1) is 19.4. The van der Waals surface area contributed by atoms with Crippen LogP contribution in [0.1, 0.15) is 18.4 Å². The van der Waals surface area contributed by atoms with Crippen LogP contribution in [0.4, 0.5) is 0 Å². The fourth-order valence-electron chi connectivity index (χ4n) is 2.55. The van der Waals surface area contributed by atoms with E-state index in [-0.39, 0.29) is 0 Å². The first-order chi connectivity index (χ1) is 13.2. The minimum atomic E-state index is 0.502. The van der Waals surface area contributed by atoms with Crippen molar-refractivity contribution in [1.29, 1.82) is 0 Å². The number of hydrogen-bond acceptors (Lipinski definition) is 4. The molecule has 1 aromatic heterocycles. The number of unbranched alkanes of at least 4 members (excludes halogenated alkanes) is 1. The van der Waals surface area contributed by atoms with E-state index in [1.807, 2.05) is 42.5 Å². The molecular weight excluding hydrogens is 383 g/mol. The van der Waals surface area contributed by atoms with Crippen molar-refractivity contribution in [1.82, 2.24) is 14.8 Å². The number of ether oxygens (including phenoxy) is 1. The minimum Gasteiger partial charge on any atom is -0.494 e. The molecule has 0 fully saturated rings. The van der Waals surface area contributed by atoms with Gasteiger partial charge in [0.25, 0.3) is 0 Å². The number of aliphatic imine (C=N–C) groups is 1. The van der Waals surface area contributed by atoms with E-state index in [1.54, 1.807) is 17.1 Å². The summed E-state index contributed by atoms with van der Waals surface area (Å²) in [6, 6.07) is 15.2. The lowest BCUT2D eigenvalue weighted by molar-refractivity contribution is 0.308. The summed E-state index contributed by atoms with van der Waals surface area (Å²) in [5, 5.41) is 5.33. The Labute approximate surface area is 168 Å². The largest absolute Gasteiger partial charge is 0.494 e. The summed E-state index contributed by atoms with van der Waals surface area (Å²) in [4.78, 5) is 8.73. The van der Waals surface area contributed by atoms with Gasteiger partial charge in [0, 0.05) is 17.1 Å². The molecule has 5 nitrogen and oxygen atoms in total. The molecule has 3 aromatic rings. The fourth-order valence-corrected chi connectivity index (χ4v) is 3.06. The Hall–Kier alpha value is -2.37. The molecule has 0 unspecified atom stereocenters. The Morgan fingerprint density at radius 3 is 2.67 bits per heavy atom. The first-order valence-electron chi connectivity index (χ1n) is 8.71. The molecule has 0 atom stereocenters. The van der Waals surface area contributed by atoms with E-state index in [2.05, 4.69) is 10.1 Å². The van der Waals surface area contributed by atoms with E-state index in [0.717, 1.165) is 29.9 Å². The number of nitrogens with zero attached hydrogens (tertiary/aromatic N) is 4. The van der Waals surface area contributed by atoms with Crippen LogP contribution in [0.5, 0.6) is 5.75 Å². The van der Waals surface area contributed by atoms with Gasteiger partial charge in [0.1, 0.15) is 18.4 Å². The number of halogens is 2. The summed E-state index contributed by atoms with van der Waals surface area (Å²) in [6.45, 7) is 1.85. The molecule has 0 spiro atoms. The smallest absolute Gasteiger partial charge is 0.137 e. The molecule has 1 heterocycles. The summed E-state index contributed by atoms with van der Waals surface area (Å²) < 4.78 is 7.43. The SMILES string of the molecule is Clc1ccc(C(Cn2cncn2)=NCCCCOc2ccccc2)c(Cl)c1.